The molecule has 0 atom stereocenters. The van der Waals surface area contributed by atoms with Crippen molar-refractivity contribution in [3.63, 3.8) is 0 Å². The number of rotatable bonds is 4. The van der Waals surface area contributed by atoms with Crippen LogP contribution in [0.25, 0.3) is 17.0 Å². The topological polar surface area (TPSA) is 66.1 Å². The van der Waals surface area contributed by atoms with Gasteiger partial charge in [-0.3, -0.25) is 9.59 Å². The minimum absolute atomic E-state index is 0.144. The lowest BCUT2D eigenvalue weighted by Gasteiger charge is -2.14. The van der Waals surface area contributed by atoms with Gasteiger partial charge in [-0.2, -0.15) is 0 Å². The van der Waals surface area contributed by atoms with Gasteiger partial charge in [0.25, 0.3) is 5.56 Å². The number of likely N-dealkylation sites (N-methyl/N-ethyl adjacent to an activating group) is 1. The zero-order valence-electron chi connectivity index (χ0n) is 12.5. The number of amides is 1. The Hall–Kier alpha value is -2.73. The molecule has 0 radical (unpaired) electrons. The molecule has 0 aliphatic rings. The smallest absolute Gasteiger partial charge is 0.258 e. The number of para-hydroxylation sites is 1. The van der Waals surface area contributed by atoms with Crippen molar-refractivity contribution >= 4 is 34.2 Å². The van der Waals surface area contributed by atoms with E-state index in [-0.39, 0.29) is 18.0 Å². The molecule has 3 rings (SSSR count). The first-order valence-corrected chi connectivity index (χ1v) is 7.96. The first-order chi connectivity index (χ1) is 11.1. The number of hydrogen-bond donors (Lipinski definition) is 1. The molecule has 0 unspecified atom stereocenters. The Bertz CT molecular complexity index is 913. The summed E-state index contributed by atoms with van der Waals surface area (Å²) in [5.74, 6) is 0.322. The molecule has 0 fully saturated rings. The lowest BCUT2D eigenvalue weighted by Crippen LogP contribution is -2.26. The van der Waals surface area contributed by atoms with Crippen molar-refractivity contribution in [2.75, 3.05) is 7.05 Å². The number of fused-ring (bicyclic) bond motifs is 1. The summed E-state index contributed by atoms with van der Waals surface area (Å²) < 4.78 is 0. The number of aromatic nitrogens is 2. The number of benzene rings is 1. The number of aromatic amines is 1. The van der Waals surface area contributed by atoms with Crippen LogP contribution in [0.4, 0.5) is 0 Å². The van der Waals surface area contributed by atoms with Gasteiger partial charge in [-0.1, -0.05) is 18.2 Å². The molecule has 1 aromatic carbocycles. The third kappa shape index (κ3) is 3.54. The van der Waals surface area contributed by atoms with Crippen molar-refractivity contribution in [3.8, 4) is 0 Å². The molecule has 0 bridgehead atoms. The summed E-state index contributed by atoms with van der Waals surface area (Å²) in [5.41, 5.74) is 0.432. The van der Waals surface area contributed by atoms with Crippen molar-refractivity contribution < 1.29 is 4.79 Å². The molecular weight excluding hydrogens is 310 g/mol. The van der Waals surface area contributed by atoms with Crippen molar-refractivity contribution in [2.24, 2.45) is 0 Å². The Kier molecular flexibility index (Phi) is 4.34. The molecule has 3 aromatic rings. The highest BCUT2D eigenvalue weighted by molar-refractivity contribution is 7.10. The quantitative estimate of drug-likeness (QED) is 0.750. The van der Waals surface area contributed by atoms with Crippen molar-refractivity contribution in [1.82, 2.24) is 14.9 Å². The van der Waals surface area contributed by atoms with E-state index in [2.05, 4.69) is 9.97 Å². The average Bonchev–Trinajstić information content (AvgIpc) is 3.06. The van der Waals surface area contributed by atoms with E-state index in [0.717, 1.165) is 4.88 Å². The van der Waals surface area contributed by atoms with Crippen LogP contribution in [0.15, 0.2) is 52.6 Å². The van der Waals surface area contributed by atoms with Crippen LogP contribution in [-0.4, -0.2) is 27.8 Å². The summed E-state index contributed by atoms with van der Waals surface area (Å²) in [6, 6.07) is 11.0. The van der Waals surface area contributed by atoms with Crippen molar-refractivity contribution in [3.05, 3.63) is 68.9 Å². The average molecular weight is 325 g/mol. The second-order valence-electron chi connectivity index (χ2n) is 5.07. The highest BCUT2D eigenvalue weighted by Gasteiger charge is 2.09. The molecule has 116 valence electrons. The van der Waals surface area contributed by atoms with Gasteiger partial charge in [-0.25, -0.2) is 4.98 Å². The number of carbonyl (C=O) groups excluding carboxylic acids is 1. The van der Waals surface area contributed by atoms with Crippen LogP contribution in [-0.2, 0) is 11.3 Å². The molecule has 0 aliphatic heterocycles. The highest BCUT2D eigenvalue weighted by atomic mass is 32.1. The summed E-state index contributed by atoms with van der Waals surface area (Å²) >= 11 is 1.57. The summed E-state index contributed by atoms with van der Waals surface area (Å²) in [4.78, 5) is 33.8. The van der Waals surface area contributed by atoms with Gasteiger partial charge in [-0.05, 0) is 29.7 Å². The second kappa shape index (κ2) is 6.58. The Labute approximate surface area is 136 Å². The Morgan fingerprint density at radius 2 is 2.13 bits per heavy atom. The van der Waals surface area contributed by atoms with Crippen LogP contribution in [0.3, 0.4) is 0 Å². The van der Waals surface area contributed by atoms with Crippen LogP contribution in [0.5, 0.6) is 0 Å². The maximum Gasteiger partial charge on any atom is 0.258 e. The molecule has 2 heterocycles. The Morgan fingerprint density at radius 1 is 1.30 bits per heavy atom. The second-order valence-corrected chi connectivity index (χ2v) is 6.05. The SMILES string of the molecule is CN(Cc1nc2ccccc2c(=O)[nH]1)C(=O)/C=C/c1cccs1. The van der Waals surface area contributed by atoms with E-state index in [4.69, 9.17) is 0 Å². The van der Waals surface area contributed by atoms with Crippen LogP contribution in [0.1, 0.15) is 10.7 Å². The van der Waals surface area contributed by atoms with E-state index in [1.54, 1.807) is 42.7 Å². The number of nitrogens with one attached hydrogen (secondary N) is 1. The zero-order valence-corrected chi connectivity index (χ0v) is 13.3. The summed E-state index contributed by atoms with van der Waals surface area (Å²) in [6.45, 7) is 0.244. The van der Waals surface area contributed by atoms with E-state index in [1.807, 2.05) is 23.6 Å². The molecule has 23 heavy (non-hydrogen) atoms. The van der Waals surface area contributed by atoms with Gasteiger partial charge < -0.3 is 9.88 Å². The fraction of sp³-hybridized carbons (Fsp3) is 0.118. The van der Waals surface area contributed by atoms with E-state index in [0.29, 0.717) is 16.7 Å². The lowest BCUT2D eigenvalue weighted by atomic mass is 10.2. The standard InChI is InChI=1S/C17H15N3O2S/c1-20(16(21)9-8-12-5-4-10-23-12)11-15-18-14-7-3-2-6-13(14)17(22)19-15/h2-10H,11H2,1H3,(H,18,19,22)/b9-8+. The first kappa shape index (κ1) is 15.2. The van der Waals surface area contributed by atoms with E-state index < -0.39 is 0 Å². The number of hydrogen-bond acceptors (Lipinski definition) is 4. The molecule has 1 N–H and O–H groups in total. The molecule has 6 heteroatoms. The van der Waals surface area contributed by atoms with E-state index >= 15 is 0 Å². The van der Waals surface area contributed by atoms with Crippen LogP contribution in [0, 0.1) is 0 Å². The summed E-state index contributed by atoms with van der Waals surface area (Å²) in [7, 11) is 1.68. The minimum atomic E-state index is -0.194. The summed E-state index contributed by atoms with van der Waals surface area (Å²) in [5, 5.41) is 2.50. The molecule has 0 saturated carbocycles. The molecule has 0 aliphatic carbocycles. The Morgan fingerprint density at radius 3 is 2.91 bits per heavy atom. The lowest BCUT2D eigenvalue weighted by molar-refractivity contribution is -0.125. The number of nitrogens with zero attached hydrogens (tertiary/aromatic N) is 2. The van der Waals surface area contributed by atoms with Gasteiger partial charge in [0, 0.05) is 18.0 Å². The minimum Gasteiger partial charge on any atom is -0.335 e. The maximum absolute atomic E-state index is 12.1. The van der Waals surface area contributed by atoms with Gasteiger partial charge >= 0.3 is 0 Å². The fourth-order valence-corrected chi connectivity index (χ4v) is 2.80. The van der Waals surface area contributed by atoms with Crippen LogP contribution >= 0.6 is 11.3 Å². The number of thiophene rings is 1. The molecule has 0 spiro atoms. The summed E-state index contributed by atoms with van der Waals surface area (Å²) in [6.07, 6.45) is 3.30. The van der Waals surface area contributed by atoms with Gasteiger partial charge in [0.15, 0.2) is 0 Å². The van der Waals surface area contributed by atoms with Gasteiger partial charge in [-0.15, -0.1) is 11.3 Å². The third-order valence-corrected chi connectivity index (χ3v) is 4.20. The molecule has 0 saturated heterocycles. The zero-order chi connectivity index (χ0) is 16.2. The highest BCUT2D eigenvalue weighted by Crippen LogP contribution is 2.11. The fourth-order valence-electron chi connectivity index (χ4n) is 2.18. The van der Waals surface area contributed by atoms with E-state index in [9.17, 15) is 9.59 Å². The normalized spacial score (nSPS) is 11.2. The monoisotopic (exact) mass is 325 g/mol. The number of carbonyl (C=O) groups is 1. The largest absolute Gasteiger partial charge is 0.335 e. The van der Waals surface area contributed by atoms with Crippen molar-refractivity contribution in [1.29, 1.82) is 0 Å². The molecule has 2 aromatic heterocycles. The van der Waals surface area contributed by atoms with Gasteiger partial charge in [0.2, 0.25) is 5.91 Å². The first-order valence-electron chi connectivity index (χ1n) is 7.08. The van der Waals surface area contributed by atoms with Crippen LogP contribution < -0.4 is 5.56 Å². The maximum atomic E-state index is 12.1. The van der Waals surface area contributed by atoms with Crippen LogP contribution in [0.2, 0.25) is 0 Å². The van der Waals surface area contributed by atoms with Crippen molar-refractivity contribution in [2.45, 2.75) is 6.54 Å². The van der Waals surface area contributed by atoms with E-state index in [1.165, 1.54) is 11.0 Å². The predicted molar refractivity (Wildman–Crippen MR) is 92.2 cm³/mol. The third-order valence-electron chi connectivity index (χ3n) is 3.36. The molecule has 1 amide bonds. The van der Waals surface area contributed by atoms with Gasteiger partial charge in [0.05, 0.1) is 17.4 Å². The predicted octanol–water partition coefficient (Wildman–Crippen LogP) is 2.66. The molecular formula is C17H15N3O2S. The molecule has 5 nitrogen and oxygen atoms in total. The number of H-pyrrole nitrogens is 1. The van der Waals surface area contributed by atoms with Gasteiger partial charge in [0.1, 0.15) is 5.82 Å². The Balaban J connectivity index is 1.76.